The highest BCUT2D eigenvalue weighted by atomic mass is 35.5. The van der Waals surface area contributed by atoms with Crippen molar-refractivity contribution >= 4 is 23.5 Å². The van der Waals surface area contributed by atoms with Crippen LogP contribution in [0.15, 0.2) is 12.7 Å². The summed E-state index contributed by atoms with van der Waals surface area (Å²) in [4.78, 5) is 23.9. The highest BCUT2D eigenvalue weighted by Crippen LogP contribution is 2.22. The molecule has 0 aromatic carbocycles. The van der Waals surface area contributed by atoms with Crippen LogP contribution < -0.4 is 5.32 Å². The maximum atomic E-state index is 12.2. The number of hydrogen-bond acceptors (Lipinski definition) is 4. The fraction of sp³-hybridized carbons (Fsp3) is 0.533. The van der Waals surface area contributed by atoms with E-state index in [0.717, 1.165) is 0 Å². The van der Waals surface area contributed by atoms with E-state index in [4.69, 9.17) is 16.3 Å². The van der Waals surface area contributed by atoms with Crippen molar-refractivity contribution in [1.82, 2.24) is 15.1 Å². The van der Waals surface area contributed by atoms with Gasteiger partial charge in [0.1, 0.15) is 10.7 Å². The van der Waals surface area contributed by atoms with Gasteiger partial charge in [-0.1, -0.05) is 31.5 Å². The second-order valence-electron chi connectivity index (χ2n) is 5.41. The highest BCUT2D eigenvalue weighted by Gasteiger charge is 2.25. The third kappa shape index (κ3) is 4.59. The molecule has 0 unspecified atom stereocenters. The Labute approximate surface area is 135 Å². The van der Waals surface area contributed by atoms with Gasteiger partial charge in [0.25, 0.3) is 5.91 Å². The van der Waals surface area contributed by atoms with Gasteiger partial charge in [0.2, 0.25) is 0 Å². The van der Waals surface area contributed by atoms with Crippen LogP contribution in [0.3, 0.4) is 0 Å². The smallest absolute Gasteiger partial charge is 0.343 e. The summed E-state index contributed by atoms with van der Waals surface area (Å²) in [5.41, 5.74) is 0.681. The number of nitrogens with zero attached hydrogens (tertiary/aromatic N) is 2. The minimum atomic E-state index is -0.920. The SMILES string of the molecule is C=CCNC(=O)[C@@H](C)OC(=O)c1c(C)nn(CC(C)C)c1Cl. The number of nitrogens with one attached hydrogen (secondary N) is 1. The molecular formula is C15H22ClN3O3. The molecule has 0 radical (unpaired) electrons. The van der Waals surface area contributed by atoms with Crippen molar-refractivity contribution < 1.29 is 14.3 Å². The molecule has 6 nitrogen and oxygen atoms in total. The van der Waals surface area contributed by atoms with Crippen molar-refractivity contribution in [3.8, 4) is 0 Å². The molecule has 7 heteroatoms. The first-order chi connectivity index (χ1) is 10.3. The summed E-state index contributed by atoms with van der Waals surface area (Å²) in [5.74, 6) is -0.709. The van der Waals surface area contributed by atoms with Crippen molar-refractivity contribution in [2.24, 2.45) is 5.92 Å². The van der Waals surface area contributed by atoms with Gasteiger partial charge in [-0.15, -0.1) is 6.58 Å². The number of aromatic nitrogens is 2. The molecule has 1 amide bonds. The summed E-state index contributed by atoms with van der Waals surface area (Å²) in [5, 5.41) is 7.04. The van der Waals surface area contributed by atoms with E-state index in [2.05, 4.69) is 17.0 Å². The van der Waals surface area contributed by atoms with Gasteiger partial charge >= 0.3 is 5.97 Å². The quantitative estimate of drug-likeness (QED) is 0.616. The number of rotatable bonds is 7. The average molecular weight is 328 g/mol. The zero-order chi connectivity index (χ0) is 16.9. The molecule has 1 aromatic rings. The van der Waals surface area contributed by atoms with Crippen molar-refractivity contribution in [2.75, 3.05) is 6.54 Å². The lowest BCUT2D eigenvalue weighted by Gasteiger charge is -2.12. The fourth-order valence-electron chi connectivity index (χ4n) is 1.84. The Balaban J connectivity index is 2.83. The third-order valence-electron chi connectivity index (χ3n) is 2.88. The Hall–Kier alpha value is -1.82. The summed E-state index contributed by atoms with van der Waals surface area (Å²) < 4.78 is 6.72. The molecule has 0 aliphatic carbocycles. The first kappa shape index (κ1) is 18.2. The van der Waals surface area contributed by atoms with E-state index in [-0.39, 0.29) is 10.7 Å². The topological polar surface area (TPSA) is 73.2 Å². The van der Waals surface area contributed by atoms with Gasteiger partial charge in [0.05, 0.1) is 5.69 Å². The van der Waals surface area contributed by atoms with Gasteiger partial charge in [-0.2, -0.15) is 5.10 Å². The lowest BCUT2D eigenvalue weighted by Crippen LogP contribution is -2.35. The minimum absolute atomic E-state index is 0.200. The van der Waals surface area contributed by atoms with E-state index in [1.807, 2.05) is 13.8 Å². The molecule has 1 N–H and O–H groups in total. The number of hydrogen-bond donors (Lipinski definition) is 1. The number of halogens is 1. The minimum Gasteiger partial charge on any atom is -0.449 e. The van der Waals surface area contributed by atoms with E-state index < -0.39 is 18.0 Å². The number of esters is 1. The molecule has 1 atom stereocenters. The summed E-state index contributed by atoms with van der Waals surface area (Å²) in [7, 11) is 0. The molecule has 0 fully saturated rings. The third-order valence-corrected chi connectivity index (χ3v) is 3.27. The summed E-state index contributed by atoms with van der Waals surface area (Å²) in [6.45, 7) is 11.6. The second-order valence-corrected chi connectivity index (χ2v) is 5.77. The molecule has 1 heterocycles. The van der Waals surface area contributed by atoms with Crippen LogP contribution in [0.2, 0.25) is 5.15 Å². The predicted molar refractivity (Wildman–Crippen MR) is 84.9 cm³/mol. The van der Waals surface area contributed by atoms with E-state index in [0.29, 0.717) is 24.7 Å². The van der Waals surface area contributed by atoms with E-state index in [1.165, 1.54) is 6.92 Å². The first-order valence-electron chi connectivity index (χ1n) is 7.10. The van der Waals surface area contributed by atoms with E-state index >= 15 is 0 Å². The largest absolute Gasteiger partial charge is 0.449 e. The molecular weight excluding hydrogens is 306 g/mol. The van der Waals surface area contributed by atoms with Crippen LogP contribution in [0.1, 0.15) is 36.8 Å². The molecule has 0 spiro atoms. The molecule has 1 aromatic heterocycles. The molecule has 0 aliphatic rings. The molecule has 1 rings (SSSR count). The van der Waals surface area contributed by atoms with Gasteiger partial charge in [-0.3, -0.25) is 9.48 Å². The van der Waals surface area contributed by atoms with E-state index in [9.17, 15) is 9.59 Å². The maximum absolute atomic E-state index is 12.2. The van der Waals surface area contributed by atoms with Crippen molar-refractivity contribution in [1.29, 1.82) is 0 Å². The second kappa shape index (κ2) is 7.98. The maximum Gasteiger partial charge on any atom is 0.343 e. The number of ether oxygens (including phenoxy) is 1. The summed E-state index contributed by atoms with van der Waals surface area (Å²) in [6.07, 6.45) is 0.625. The van der Waals surface area contributed by atoms with Gasteiger partial charge in [-0.25, -0.2) is 4.79 Å². The molecule has 122 valence electrons. The molecule has 22 heavy (non-hydrogen) atoms. The Morgan fingerprint density at radius 1 is 1.45 bits per heavy atom. The van der Waals surface area contributed by atoms with Crippen LogP contribution >= 0.6 is 11.6 Å². The molecule has 0 saturated carbocycles. The van der Waals surface area contributed by atoms with E-state index in [1.54, 1.807) is 17.7 Å². The summed E-state index contributed by atoms with van der Waals surface area (Å²) >= 11 is 6.20. The van der Waals surface area contributed by atoms with Gasteiger partial charge in [0, 0.05) is 13.1 Å². The Kier molecular flexibility index (Phi) is 6.61. The number of amides is 1. The zero-order valence-corrected chi connectivity index (χ0v) is 14.1. The van der Waals surface area contributed by atoms with Crippen LogP contribution in [0.25, 0.3) is 0 Å². The van der Waals surface area contributed by atoms with Crippen molar-refractivity contribution in [3.05, 3.63) is 29.1 Å². The van der Waals surface area contributed by atoms with Crippen LogP contribution in [-0.4, -0.2) is 34.3 Å². The highest BCUT2D eigenvalue weighted by molar-refractivity contribution is 6.32. The van der Waals surface area contributed by atoms with Gasteiger partial charge in [0.15, 0.2) is 6.10 Å². The van der Waals surface area contributed by atoms with Crippen molar-refractivity contribution in [2.45, 2.75) is 40.3 Å². The Bertz CT molecular complexity index is 567. The van der Waals surface area contributed by atoms with Gasteiger partial charge in [-0.05, 0) is 19.8 Å². The van der Waals surface area contributed by atoms with Crippen molar-refractivity contribution in [3.63, 3.8) is 0 Å². The number of carbonyl (C=O) groups is 2. The lowest BCUT2D eigenvalue weighted by molar-refractivity contribution is -0.128. The van der Waals surface area contributed by atoms with Crippen LogP contribution in [0.5, 0.6) is 0 Å². The standard InChI is InChI=1S/C15H22ClN3O3/c1-6-7-17-14(20)11(5)22-15(21)12-10(4)18-19(13(12)16)8-9(2)3/h6,9,11H,1,7-8H2,2-5H3,(H,17,20)/t11-/m1/s1. The first-order valence-corrected chi connectivity index (χ1v) is 7.48. The normalized spacial score (nSPS) is 12.1. The Morgan fingerprint density at radius 3 is 2.64 bits per heavy atom. The Morgan fingerprint density at radius 2 is 2.09 bits per heavy atom. The monoisotopic (exact) mass is 327 g/mol. The molecule has 0 bridgehead atoms. The predicted octanol–water partition coefficient (Wildman–Crippen LogP) is 2.35. The number of aryl methyl sites for hydroxylation is 1. The van der Waals surface area contributed by atoms with Crippen LogP contribution in [0, 0.1) is 12.8 Å². The molecule has 0 saturated heterocycles. The van der Waals surface area contributed by atoms with Gasteiger partial charge < -0.3 is 10.1 Å². The zero-order valence-electron chi connectivity index (χ0n) is 13.4. The fourth-order valence-corrected chi connectivity index (χ4v) is 2.16. The molecule has 0 aliphatic heterocycles. The average Bonchev–Trinajstić information content (AvgIpc) is 2.69. The lowest BCUT2D eigenvalue weighted by atomic mass is 10.2. The van der Waals surface area contributed by atoms with Crippen LogP contribution in [-0.2, 0) is 16.1 Å². The number of carbonyl (C=O) groups excluding carboxylic acids is 2. The summed E-state index contributed by atoms with van der Waals surface area (Å²) in [6, 6.07) is 0. The van der Waals surface area contributed by atoms with Crippen LogP contribution in [0.4, 0.5) is 0 Å².